The normalized spacial score (nSPS) is 12.2. The van der Waals surface area contributed by atoms with Crippen molar-refractivity contribution in [1.29, 1.82) is 0 Å². The summed E-state index contributed by atoms with van der Waals surface area (Å²) in [4.78, 5) is 12.9. The minimum atomic E-state index is 0.449. The molecular formula is C10H16N5O+. The largest absolute Gasteiger partial charge is 0.364 e. The number of hydrogen-bond donors (Lipinski definition) is 0. The van der Waals surface area contributed by atoms with Crippen molar-refractivity contribution >= 4 is 17.0 Å². The van der Waals surface area contributed by atoms with E-state index in [-0.39, 0.29) is 0 Å². The molecule has 0 atom stereocenters. The van der Waals surface area contributed by atoms with Crippen LogP contribution in [0.5, 0.6) is 0 Å². The van der Waals surface area contributed by atoms with Gasteiger partial charge in [0.2, 0.25) is 0 Å². The second-order valence-corrected chi connectivity index (χ2v) is 4.51. The summed E-state index contributed by atoms with van der Waals surface area (Å²) in [5, 5.41) is 0. The van der Waals surface area contributed by atoms with Gasteiger partial charge in [0.1, 0.15) is 13.1 Å². The standard InChI is InChI=1S/C10H16N5O/c1-15(2,3)10-8-9(11-5-12-10)14(6-13-8)7-16-4/h5-6H,7H2,1-4H3/q+1. The number of ether oxygens (including phenoxy) is 1. The molecule has 0 radical (unpaired) electrons. The van der Waals surface area contributed by atoms with Crippen LogP contribution in [0.25, 0.3) is 11.2 Å². The summed E-state index contributed by atoms with van der Waals surface area (Å²) in [6.45, 7) is 0.449. The molecule has 2 rings (SSSR count). The molecule has 0 N–H and O–H groups in total. The highest BCUT2D eigenvalue weighted by Crippen LogP contribution is 2.22. The lowest BCUT2D eigenvalue weighted by Crippen LogP contribution is -2.36. The van der Waals surface area contributed by atoms with E-state index in [1.165, 1.54) is 0 Å². The van der Waals surface area contributed by atoms with E-state index in [2.05, 4.69) is 36.1 Å². The molecule has 86 valence electrons. The first kappa shape index (κ1) is 11.0. The van der Waals surface area contributed by atoms with Gasteiger partial charge < -0.3 is 4.74 Å². The fourth-order valence-corrected chi connectivity index (χ4v) is 1.59. The molecule has 2 aromatic rings. The number of imidazole rings is 1. The van der Waals surface area contributed by atoms with Gasteiger partial charge in [-0.1, -0.05) is 0 Å². The Bertz CT molecular complexity index is 499. The Morgan fingerprint density at radius 2 is 2.00 bits per heavy atom. The quantitative estimate of drug-likeness (QED) is 0.715. The lowest BCUT2D eigenvalue weighted by Gasteiger charge is -2.21. The van der Waals surface area contributed by atoms with Crippen molar-refractivity contribution in [2.45, 2.75) is 6.73 Å². The Morgan fingerprint density at radius 1 is 1.25 bits per heavy atom. The van der Waals surface area contributed by atoms with Gasteiger partial charge in [0.25, 0.3) is 5.82 Å². The lowest BCUT2D eigenvalue weighted by atomic mass is 10.4. The maximum absolute atomic E-state index is 5.08. The van der Waals surface area contributed by atoms with Gasteiger partial charge in [0, 0.05) is 7.11 Å². The van der Waals surface area contributed by atoms with Crippen molar-refractivity contribution in [3.8, 4) is 0 Å². The van der Waals surface area contributed by atoms with Gasteiger partial charge in [-0.15, -0.1) is 0 Å². The Labute approximate surface area is 94.1 Å². The second-order valence-electron chi connectivity index (χ2n) is 4.51. The molecule has 0 unspecified atom stereocenters. The van der Waals surface area contributed by atoms with Crippen molar-refractivity contribution < 1.29 is 4.74 Å². The number of fused-ring (bicyclic) bond motifs is 1. The lowest BCUT2D eigenvalue weighted by molar-refractivity contribution is 0.134. The van der Waals surface area contributed by atoms with Gasteiger partial charge in [-0.3, -0.25) is 9.05 Å². The first-order valence-electron chi connectivity index (χ1n) is 5.01. The summed E-state index contributed by atoms with van der Waals surface area (Å²) in [7, 11) is 7.80. The maximum Gasteiger partial charge on any atom is 0.258 e. The Kier molecular flexibility index (Phi) is 2.61. The predicted molar refractivity (Wildman–Crippen MR) is 61.9 cm³/mol. The maximum atomic E-state index is 5.08. The highest BCUT2D eigenvalue weighted by atomic mass is 16.5. The number of quaternary nitrogens is 1. The molecule has 0 saturated heterocycles. The molecule has 0 aliphatic carbocycles. The number of hydrogen-bond acceptors (Lipinski definition) is 4. The van der Waals surface area contributed by atoms with Crippen LogP contribution in [-0.4, -0.2) is 47.8 Å². The van der Waals surface area contributed by atoms with Crippen molar-refractivity contribution in [2.24, 2.45) is 0 Å². The fourth-order valence-electron chi connectivity index (χ4n) is 1.59. The van der Waals surface area contributed by atoms with E-state index in [0.717, 1.165) is 17.0 Å². The van der Waals surface area contributed by atoms with Crippen molar-refractivity contribution in [1.82, 2.24) is 24.0 Å². The molecule has 0 amide bonds. The van der Waals surface area contributed by atoms with E-state index in [9.17, 15) is 0 Å². The van der Waals surface area contributed by atoms with Crippen LogP contribution in [0.1, 0.15) is 0 Å². The van der Waals surface area contributed by atoms with E-state index in [1.54, 1.807) is 19.8 Å². The Balaban J connectivity index is 2.62. The smallest absolute Gasteiger partial charge is 0.258 e. The van der Waals surface area contributed by atoms with E-state index in [4.69, 9.17) is 4.74 Å². The highest BCUT2D eigenvalue weighted by molar-refractivity contribution is 5.81. The molecule has 16 heavy (non-hydrogen) atoms. The van der Waals surface area contributed by atoms with Gasteiger partial charge in [0.15, 0.2) is 11.2 Å². The van der Waals surface area contributed by atoms with Crippen LogP contribution in [0.15, 0.2) is 12.7 Å². The molecule has 0 bridgehead atoms. The minimum Gasteiger partial charge on any atom is -0.364 e. The molecule has 2 heterocycles. The summed E-state index contributed by atoms with van der Waals surface area (Å²) in [6.07, 6.45) is 3.29. The third-order valence-electron chi connectivity index (χ3n) is 2.29. The van der Waals surface area contributed by atoms with Crippen LogP contribution in [0.3, 0.4) is 0 Å². The number of methoxy groups -OCH3 is 1. The Hall–Kier alpha value is -1.53. The topological polar surface area (TPSA) is 52.8 Å². The predicted octanol–water partition coefficient (Wildman–Crippen LogP) is 0.627. The van der Waals surface area contributed by atoms with Crippen LogP contribution < -0.4 is 4.48 Å². The minimum absolute atomic E-state index is 0.449. The van der Waals surface area contributed by atoms with Crippen LogP contribution in [0.4, 0.5) is 5.82 Å². The van der Waals surface area contributed by atoms with Crippen molar-refractivity contribution in [3.63, 3.8) is 0 Å². The zero-order valence-electron chi connectivity index (χ0n) is 10.0. The van der Waals surface area contributed by atoms with Gasteiger partial charge in [-0.05, 0) is 0 Å². The molecule has 0 spiro atoms. The summed E-state index contributed by atoms with van der Waals surface area (Å²) in [5.74, 6) is 0.903. The first-order valence-corrected chi connectivity index (χ1v) is 5.01. The third-order valence-corrected chi connectivity index (χ3v) is 2.29. The van der Waals surface area contributed by atoms with E-state index in [0.29, 0.717) is 11.2 Å². The van der Waals surface area contributed by atoms with Gasteiger partial charge in [-0.25, -0.2) is 9.97 Å². The molecule has 2 aromatic heterocycles. The van der Waals surface area contributed by atoms with E-state index >= 15 is 0 Å². The van der Waals surface area contributed by atoms with Crippen LogP contribution in [0.2, 0.25) is 0 Å². The monoisotopic (exact) mass is 222 g/mol. The van der Waals surface area contributed by atoms with Crippen LogP contribution in [0, 0.1) is 0 Å². The van der Waals surface area contributed by atoms with Gasteiger partial charge >= 0.3 is 0 Å². The molecule has 0 aliphatic heterocycles. The summed E-state index contributed by atoms with van der Waals surface area (Å²) in [6, 6.07) is 0. The Morgan fingerprint density at radius 3 is 2.62 bits per heavy atom. The van der Waals surface area contributed by atoms with Crippen LogP contribution >= 0.6 is 0 Å². The third kappa shape index (κ3) is 1.77. The first-order chi connectivity index (χ1) is 7.54. The summed E-state index contributed by atoms with van der Waals surface area (Å²) < 4.78 is 7.55. The zero-order chi connectivity index (χ0) is 11.8. The molecule has 0 fully saturated rings. The molecule has 0 aliphatic rings. The number of rotatable bonds is 3. The summed E-state index contributed by atoms with van der Waals surface area (Å²) >= 11 is 0. The SMILES string of the molecule is COCn1cnc2c([N+](C)(C)C)ncnc21. The fraction of sp³-hybridized carbons (Fsp3) is 0.500. The second kappa shape index (κ2) is 3.80. The number of nitrogens with zero attached hydrogens (tertiary/aromatic N) is 5. The highest BCUT2D eigenvalue weighted by Gasteiger charge is 2.21. The molecule has 0 saturated carbocycles. The molecule has 6 heteroatoms. The average molecular weight is 222 g/mol. The van der Waals surface area contributed by atoms with Crippen LogP contribution in [-0.2, 0) is 11.5 Å². The van der Waals surface area contributed by atoms with Gasteiger partial charge in [-0.2, -0.15) is 4.98 Å². The van der Waals surface area contributed by atoms with Gasteiger partial charge in [0.05, 0.1) is 27.5 Å². The number of aromatic nitrogens is 4. The summed E-state index contributed by atoms with van der Waals surface area (Å²) in [5.41, 5.74) is 1.63. The molecule has 0 aromatic carbocycles. The molecular weight excluding hydrogens is 206 g/mol. The zero-order valence-corrected chi connectivity index (χ0v) is 10.0. The average Bonchev–Trinajstić information content (AvgIpc) is 2.61. The van der Waals surface area contributed by atoms with E-state index in [1.807, 2.05) is 4.57 Å². The van der Waals surface area contributed by atoms with E-state index < -0.39 is 0 Å². The molecule has 6 nitrogen and oxygen atoms in total. The van der Waals surface area contributed by atoms with Crippen molar-refractivity contribution in [3.05, 3.63) is 12.7 Å². The van der Waals surface area contributed by atoms with Crippen molar-refractivity contribution in [2.75, 3.05) is 28.3 Å².